The maximum Gasteiger partial charge on any atom is 0.317 e. The second-order valence-corrected chi connectivity index (χ2v) is 6.55. The number of nitrogens with zero attached hydrogens (tertiary/aromatic N) is 3. The first-order chi connectivity index (χ1) is 14.6. The maximum atomic E-state index is 12.2. The molecule has 0 aliphatic heterocycles. The quantitative estimate of drug-likeness (QED) is 0.598. The number of hydrogen-bond donors (Lipinski definition) is 2. The Bertz CT molecular complexity index is 967. The summed E-state index contributed by atoms with van der Waals surface area (Å²) in [5.74, 6) is 0.685. The van der Waals surface area contributed by atoms with E-state index in [9.17, 15) is 9.59 Å². The van der Waals surface area contributed by atoms with Crippen LogP contribution in [0.1, 0.15) is 12.0 Å². The molecule has 154 valence electrons. The van der Waals surface area contributed by atoms with Crippen LogP contribution in [0.4, 0.5) is 10.5 Å². The highest BCUT2D eigenvalue weighted by atomic mass is 16.5. The predicted octanol–water partition coefficient (Wildman–Crippen LogP) is 3.44. The van der Waals surface area contributed by atoms with Crippen molar-refractivity contribution in [3.05, 3.63) is 78.8 Å². The molecule has 8 nitrogen and oxygen atoms in total. The number of carbonyl (C=O) groups is 2. The van der Waals surface area contributed by atoms with Gasteiger partial charge in [0.15, 0.2) is 0 Å². The van der Waals surface area contributed by atoms with E-state index < -0.39 is 0 Å². The summed E-state index contributed by atoms with van der Waals surface area (Å²) in [7, 11) is 1.71. The van der Waals surface area contributed by atoms with Crippen molar-refractivity contribution in [2.24, 2.45) is 0 Å². The Morgan fingerprint density at radius 1 is 1.07 bits per heavy atom. The smallest absolute Gasteiger partial charge is 0.317 e. The molecular formula is C22H23N5O3. The SMILES string of the molecule is CN(Cc1ccccc1)C(=O)NCCC(=O)Nc1cccc(Oc2cnccn2)c1. The largest absolute Gasteiger partial charge is 0.437 e. The molecule has 3 amide bonds. The van der Waals surface area contributed by atoms with Crippen LogP contribution in [0.3, 0.4) is 0 Å². The van der Waals surface area contributed by atoms with Gasteiger partial charge < -0.3 is 20.3 Å². The van der Waals surface area contributed by atoms with Crippen molar-refractivity contribution < 1.29 is 14.3 Å². The monoisotopic (exact) mass is 405 g/mol. The summed E-state index contributed by atoms with van der Waals surface area (Å²) in [6, 6.07) is 16.4. The summed E-state index contributed by atoms with van der Waals surface area (Å²) in [6.45, 7) is 0.733. The predicted molar refractivity (Wildman–Crippen MR) is 113 cm³/mol. The first kappa shape index (κ1) is 20.8. The fraction of sp³-hybridized carbons (Fsp3) is 0.182. The molecule has 0 fully saturated rings. The summed E-state index contributed by atoms with van der Waals surface area (Å²) < 4.78 is 5.60. The highest BCUT2D eigenvalue weighted by molar-refractivity contribution is 5.91. The first-order valence-corrected chi connectivity index (χ1v) is 9.47. The van der Waals surface area contributed by atoms with Crippen molar-refractivity contribution in [1.82, 2.24) is 20.2 Å². The van der Waals surface area contributed by atoms with E-state index in [1.165, 1.54) is 12.4 Å². The molecule has 0 aliphatic carbocycles. The number of anilines is 1. The number of amides is 3. The molecule has 0 saturated carbocycles. The van der Waals surface area contributed by atoms with Gasteiger partial charge in [0.25, 0.3) is 0 Å². The highest BCUT2D eigenvalue weighted by Crippen LogP contribution is 2.22. The second kappa shape index (κ2) is 10.6. The molecule has 3 aromatic rings. The van der Waals surface area contributed by atoms with Gasteiger partial charge in [0, 0.05) is 50.7 Å². The molecule has 8 heteroatoms. The van der Waals surface area contributed by atoms with E-state index >= 15 is 0 Å². The molecular weight excluding hydrogens is 382 g/mol. The van der Waals surface area contributed by atoms with Gasteiger partial charge in [0.1, 0.15) is 5.75 Å². The van der Waals surface area contributed by atoms with Gasteiger partial charge in [-0.2, -0.15) is 0 Å². The molecule has 30 heavy (non-hydrogen) atoms. The lowest BCUT2D eigenvalue weighted by Crippen LogP contribution is -2.38. The van der Waals surface area contributed by atoms with Crippen molar-refractivity contribution in [1.29, 1.82) is 0 Å². The molecule has 1 heterocycles. The van der Waals surface area contributed by atoms with Gasteiger partial charge in [0.05, 0.1) is 6.20 Å². The van der Waals surface area contributed by atoms with E-state index in [4.69, 9.17) is 4.74 Å². The summed E-state index contributed by atoms with van der Waals surface area (Å²) in [6.07, 6.45) is 4.75. The fourth-order valence-corrected chi connectivity index (χ4v) is 2.67. The third-order valence-corrected chi connectivity index (χ3v) is 4.12. The van der Waals surface area contributed by atoms with Crippen LogP contribution in [0.15, 0.2) is 73.2 Å². The van der Waals surface area contributed by atoms with Gasteiger partial charge >= 0.3 is 6.03 Å². The zero-order chi connectivity index (χ0) is 21.2. The number of benzene rings is 2. The first-order valence-electron chi connectivity index (χ1n) is 9.47. The third-order valence-electron chi connectivity index (χ3n) is 4.12. The average molecular weight is 405 g/mol. The molecule has 1 aromatic heterocycles. The van der Waals surface area contributed by atoms with Crippen LogP contribution in [0.25, 0.3) is 0 Å². The summed E-state index contributed by atoms with van der Waals surface area (Å²) in [5.41, 5.74) is 1.63. The minimum Gasteiger partial charge on any atom is -0.437 e. The van der Waals surface area contributed by atoms with Crippen LogP contribution >= 0.6 is 0 Å². The lowest BCUT2D eigenvalue weighted by Gasteiger charge is -2.18. The van der Waals surface area contributed by atoms with E-state index in [0.29, 0.717) is 23.9 Å². The van der Waals surface area contributed by atoms with Crippen LogP contribution < -0.4 is 15.4 Å². The normalized spacial score (nSPS) is 10.2. The van der Waals surface area contributed by atoms with Crippen LogP contribution in [-0.4, -0.2) is 40.4 Å². The standard InChI is InChI=1S/C22H23N5O3/c1-27(16-17-6-3-2-4-7-17)22(29)25-11-10-20(28)26-18-8-5-9-19(14-18)30-21-15-23-12-13-24-21/h2-9,12-15H,10-11,16H2,1H3,(H,25,29)(H,26,28). The van der Waals surface area contributed by atoms with E-state index in [1.807, 2.05) is 30.3 Å². The molecule has 0 aliphatic rings. The second-order valence-electron chi connectivity index (χ2n) is 6.55. The Balaban J connectivity index is 1.42. The van der Waals surface area contributed by atoms with Crippen molar-refractivity contribution in [2.45, 2.75) is 13.0 Å². The van der Waals surface area contributed by atoms with Crippen LogP contribution in [0.5, 0.6) is 11.6 Å². The van der Waals surface area contributed by atoms with Gasteiger partial charge in [0.2, 0.25) is 11.8 Å². The number of aromatic nitrogens is 2. The lowest BCUT2D eigenvalue weighted by molar-refractivity contribution is -0.116. The number of nitrogens with one attached hydrogen (secondary N) is 2. The van der Waals surface area contributed by atoms with Crippen LogP contribution in [0.2, 0.25) is 0 Å². The van der Waals surface area contributed by atoms with Crippen molar-refractivity contribution in [3.63, 3.8) is 0 Å². The van der Waals surface area contributed by atoms with Crippen LogP contribution in [0, 0.1) is 0 Å². The van der Waals surface area contributed by atoms with Crippen molar-refractivity contribution >= 4 is 17.6 Å². The van der Waals surface area contributed by atoms with Gasteiger partial charge in [-0.15, -0.1) is 0 Å². The van der Waals surface area contributed by atoms with Crippen molar-refractivity contribution in [3.8, 4) is 11.6 Å². The molecule has 0 saturated heterocycles. The molecule has 3 rings (SSSR count). The maximum absolute atomic E-state index is 12.2. The molecule has 2 aromatic carbocycles. The van der Waals surface area contributed by atoms with E-state index in [1.54, 1.807) is 42.4 Å². The Labute approximate surface area is 174 Å². The Morgan fingerprint density at radius 2 is 1.90 bits per heavy atom. The van der Waals surface area contributed by atoms with Crippen LogP contribution in [-0.2, 0) is 11.3 Å². The molecule has 0 radical (unpaired) electrons. The Morgan fingerprint density at radius 3 is 2.67 bits per heavy atom. The van der Waals surface area contributed by atoms with E-state index in [0.717, 1.165) is 5.56 Å². The topological polar surface area (TPSA) is 96.5 Å². The summed E-state index contributed by atoms with van der Waals surface area (Å²) in [4.78, 5) is 33.9. The number of carbonyl (C=O) groups excluding carboxylic acids is 2. The Hall–Kier alpha value is -3.94. The average Bonchev–Trinajstić information content (AvgIpc) is 2.75. The molecule has 2 N–H and O–H groups in total. The van der Waals surface area contributed by atoms with E-state index in [2.05, 4.69) is 20.6 Å². The summed E-state index contributed by atoms with van der Waals surface area (Å²) in [5, 5.41) is 5.54. The molecule has 0 bridgehead atoms. The van der Waals surface area contributed by atoms with Gasteiger partial charge in [-0.1, -0.05) is 36.4 Å². The third kappa shape index (κ3) is 6.59. The van der Waals surface area contributed by atoms with Crippen molar-refractivity contribution in [2.75, 3.05) is 18.9 Å². The summed E-state index contributed by atoms with van der Waals surface area (Å²) >= 11 is 0. The zero-order valence-electron chi connectivity index (χ0n) is 16.6. The fourth-order valence-electron chi connectivity index (χ4n) is 2.67. The minimum absolute atomic E-state index is 0.153. The molecule has 0 spiro atoms. The van der Waals surface area contributed by atoms with Gasteiger partial charge in [-0.25, -0.2) is 9.78 Å². The van der Waals surface area contributed by atoms with Gasteiger partial charge in [-0.05, 0) is 17.7 Å². The van der Waals surface area contributed by atoms with E-state index in [-0.39, 0.29) is 24.9 Å². The lowest BCUT2D eigenvalue weighted by atomic mass is 10.2. The minimum atomic E-state index is -0.231. The number of rotatable bonds is 8. The highest BCUT2D eigenvalue weighted by Gasteiger charge is 2.10. The molecule has 0 atom stereocenters. The number of ether oxygens (including phenoxy) is 1. The van der Waals surface area contributed by atoms with Gasteiger partial charge in [-0.3, -0.25) is 9.78 Å². The number of hydrogen-bond acceptors (Lipinski definition) is 5. The Kier molecular flexibility index (Phi) is 7.32. The zero-order valence-corrected chi connectivity index (χ0v) is 16.6. The number of urea groups is 1. The molecule has 0 unspecified atom stereocenters.